The third-order valence-corrected chi connectivity index (χ3v) is 7.26. The molecule has 0 bridgehead atoms. The van der Waals surface area contributed by atoms with Crippen LogP contribution in [0.2, 0.25) is 0 Å². The van der Waals surface area contributed by atoms with Crippen molar-refractivity contribution in [3.05, 3.63) is 35.4 Å². The maximum absolute atomic E-state index is 12.4. The molecule has 2 N–H and O–H groups in total. The fourth-order valence-electron chi connectivity index (χ4n) is 3.09. The number of rotatable bonds is 8. The van der Waals surface area contributed by atoms with E-state index in [1.165, 1.54) is 11.8 Å². The number of nitrogens with one attached hydrogen (secondary N) is 2. The number of hydrogen-bond acceptors (Lipinski definition) is 4. The van der Waals surface area contributed by atoms with Crippen molar-refractivity contribution in [2.45, 2.75) is 50.8 Å². The summed E-state index contributed by atoms with van der Waals surface area (Å²) in [7, 11) is -3.21. The van der Waals surface area contributed by atoms with E-state index in [9.17, 15) is 8.42 Å². The molecule has 8 heteroatoms. The Kier molecular flexibility index (Phi) is 10.8. The van der Waals surface area contributed by atoms with Gasteiger partial charge in [-0.25, -0.2) is 13.4 Å². The van der Waals surface area contributed by atoms with Gasteiger partial charge in [0.25, 0.3) is 0 Å². The zero-order valence-electron chi connectivity index (χ0n) is 17.2. The van der Waals surface area contributed by atoms with Crippen molar-refractivity contribution in [2.75, 3.05) is 32.6 Å². The van der Waals surface area contributed by atoms with Crippen molar-refractivity contribution in [3.8, 4) is 0 Å². The van der Waals surface area contributed by atoms with Crippen molar-refractivity contribution in [1.29, 1.82) is 0 Å². The quantitative estimate of drug-likeness (QED) is 0.237. The molecule has 28 heavy (non-hydrogen) atoms. The minimum absolute atomic E-state index is 0. The van der Waals surface area contributed by atoms with Crippen LogP contribution in [0.5, 0.6) is 0 Å². The van der Waals surface area contributed by atoms with E-state index in [1.54, 1.807) is 0 Å². The highest BCUT2D eigenvalue weighted by atomic mass is 127. The lowest BCUT2D eigenvalue weighted by Crippen LogP contribution is -2.53. The maximum Gasteiger partial charge on any atom is 0.191 e. The Hall–Kier alpha value is -0.870. The molecule has 1 aromatic carbocycles. The van der Waals surface area contributed by atoms with Gasteiger partial charge in [0, 0.05) is 32.6 Å². The van der Waals surface area contributed by atoms with Gasteiger partial charge in [-0.1, -0.05) is 43.2 Å². The molecule has 160 valence electrons. The van der Waals surface area contributed by atoms with Gasteiger partial charge >= 0.3 is 0 Å². The molecule has 0 unspecified atom stereocenters. The molecule has 0 amide bonds. The number of benzene rings is 1. The second-order valence-corrected chi connectivity index (χ2v) is 9.76. The van der Waals surface area contributed by atoms with Crippen LogP contribution in [0.25, 0.3) is 0 Å². The van der Waals surface area contributed by atoms with Crippen molar-refractivity contribution >= 4 is 39.8 Å². The summed E-state index contributed by atoms with van der Waals surface area (Å²) in [4.78, 5) is 4.66. The lowest BCUT2D eigenvalue weighted by atomic mass is 9.99. The zero-order chi connectivity index (χ0) is 19.8. The van der Waals surface area contributed by atoms with Crippen LogP contribution in [-0.4, -0.2) is 51.7 Å². The summed E-state index contributed by atoms with van der Waals surface area (Å²) in [5, 5.41) is 6.60. The van der Waals surface area contributed by atoms with E-state index in [0.29, 0.717) is 45.1 Å². The molecule has 1 aliphatic rings. The highest BCUT2D eigenvalue weighted by Crippen LogP contribution is 2.28. The zero-order valence-corrected chi connectivity index (χ0v) is 20.3. The SMILES string of the molecule is CCCCNC(=NCc1ccc(C)cc1)NCC1(S(C)(=O)=O)CCOCC1.I. The molecule has 0 saturated carbocycles. The van der Waals surface area contributed by atoms with Gasteiger partial charge in [-0.2, -0.15) is 0 Å². The Morgan fingerprint density at radius 1 is 1.18 bits per heavy atom. The number of guanidine groups is 1. The Balaban J connectivity index is 0.00000392. The molecule has 0 radical (unpaired) electrons. The van der Waals surface area contributed by atoms with E-state index in [2.05, 4.69) is 53.7 Å². The van der Waals surface area contributed by atoms with Crippen LogP contribution in [0.3, 0.4) is 0 Å². The van der Waals surface area contributed by atoms with Crippen LogP contribution in [-0.2, 0) is 21.1 Å². The summed E-state index contributed by atoms with van der Waals surface area (Å²) in [5.74, 6) is 0.665. The standard InChI is InChI=1S/C20H33N3O3S.HI/c1-4-5-12-21-19(22-15-18-8-6-17(2)7-9-18)23-16-20(27(3,24)25)10-13-26-14-11-20;/h6-9H,4-5,10-16H2,1-3H3,(H2,21,22,23);1H. The molecular weight excluding hydrogens is 489 g/mol. The lowest BCUT2D eigenvalue weighted by Gasteiger charge is -2.35. The summed E-state index contributed by atoms with van der Waals surface area (Å²) in [5.41, 5.74) is 2.35. The van der Waals surface area contributed by atoms with Crippen molar-refractivity contribution in [3.63, 3.8) is 0 Å². The smallest absolute Gasteiger partial charge is 0.191 e. The van der Waals surface area contributed by atoms with E-state index >= 15 is 0 Å². The van der Waals surface area contributed by atoms with Crippen LogP contribution >= 0.6 is 24.0 Å². The minimum Gasteiger partial charge on any atom is -0.381 e. The Morgan fingerprint density at radius 2 is 1.82 bits per heavy atom. The number of ether oxygens (including phenoxy) is 1. The maximum atomic E-state index is 12.4. The van der Waals surface area contributed by atoms with Crippen LogP contribution in [0, 0.1) is 6.92 Å². The number of aliphatic imine (C=N–C) groups is 1. The van der Waals surface area contributed by atoms with Gasteiger partial charge in [-0.3, -0.25) is 0 Å². The van der Waals surface area contributed by atoms with Gasteiger partial charge in [0.05, 0.1) is 11.3 Å². The first kappa shape index (κ1) is 25.2. The average Bonchev–Trinajstić information content (AvgIpc) is 2.65. The summed E-state index contributed by atoms with van der Waals surface area (Å²) in [6.45, 7) is 6.87. The van der Waals surface area contributed by atoms with Crippen LogP contribution < -0.4 is 10.6 Å². The third-order valence-electron chi connectivity index (χ3n) is 5.13. The Bertz CT molecular complexity index is 715. The monoisotopic (exact) mass is 523 g/mol. The third kappa shape index (κ3) is 7.51. The predicted octanol–water partition coefficient (Wildman–Crippen LogP) is 3.04. The van der Waals surface area contributed by atoms with Crippen LogP contribution in [0.1, 0.15) is 43.7 Å². The molecule has 1 fully saturated rings. The van der Waals surface area contributed by atoms with Gasteiger partial charge in [0.1, 0.15) is 0 Å². The number of aryl methyl sites for hydroxylation is 1. The molecule has 1 heterocycles. The van der Waals surface area contributed by atoms with Gasteiger partial charge < -0.3 is 15.4 Å². The van der Waals surface area contributed by atoms with E-state index in [4.69, 9.17) is 4.74 Å². The van der Waals surface area contributed by atoms with Gasteiger partial charge in [-0.05, 0) is 31.7 Å². The Labute approximate surface area is 186 Å². The topological polar surface area (TPSA) is 79.8 Å². The van der Waals surface area contributed by atoms with E-state index in [0.717, 1.165) is 24.9 Å². The molecule has 2 rings (SSSR count). The molecular formula is C20H34IN3O3S. The molecule has 0 aromatic heterocycles. The first-order chi connectivity index (χ1) is 12.9. The van der Waals surface area contributed by atoms with E-state index < -0.39 is 14.6 Å². The first-order valence-electron chi connectivity index (χ1n) is 9.71. The summed E-state index contributed by atoms with van der Waals surface area (Å²) in [6.07, 6.45) is 4.48. The number of sulfone groups is 1. The Morgan fingerprint density at radius 3 is 2.39 bits per heavy atom. The second kappa shape index (κ2) is 12.0. The normalized spacial score (nSPS) is 16.9. The minimum atomic E-state index is -3.21. The largest absolute Gasteiger partial charge is 0.381 e. The van der Waals surface area contributed by atoms with Crippen molar-refractivity contribution in [1.82, 2.24) is 10.6 Å². The number of unbranched alkanes of at least 4 members (excludes halogenated alkanes) is 1. The molecule has 1 aliphatic heterocycles. The van der Waals surface area contributed by atoms with Crippen LogP contribution in [0.4, 0.5) is 0 Å². The number of hydrogen-bond donors (Lipinski definition) is 2. The number of halogens is 1. The van der Waals surface area contributed by atoms with Gasteiger partial charge in [-0.15, -0.1) is 24.0 Å². The van der Waals surface area contributed by atoms with Gasteiger partial charge in [0.2, 0.25) is 0 Å². The molecule has 0 aliphatic carbocycles. The average molecular weight is 523 g/mol. The van der Waals surface area contributed by atoms with Crippen molar-refractivity contribution < 1.29 is 13.2 Å². The summed E-state index contributed by atoms with van der Waals surface area (Å²) < 4.78 is 29.5. The first-order valence-corrected chi connectivity index (χ1v) is 11.6. The summed E-state index contributed by atoms with van der Waals surface area (Å²) in [6, 6.07) is 8.28. The highest BCUT2D eigenvalue weighted by Gasteiger charge is 2.42. The molecule has 0 spiro atoms. The van der Waals surface area contributed by atoms with Gasteiger partial charge in [0.15, 0.2) is 15.8 Å². The molecule has 6 nitrogen and oxygen atoms in total. The molecule has 0 atom stereocenters. The highest BCUT2D eigenvalue weighted by molar-refractivity contribution is 14.0. The van der Waals surface area contributed by atoms with Crippen LogP contribution in [0.15, 0.2) is 29.3 Å². The number of nitrogens with zero attached hydrogens (tertiary/aromatic N) is 1. The lowest BCUT2D eigenvalue weighted by molar-refractivity contribution is 0.0756. The van der Waals surface area contributed by atoms with E-state index in [1.807, 2.05) is 0 Å². The second-order valence-electron chi connectivity index (χ2n) is 7.35. The molecule has 1 saturated heterocycles. The van der Waals surface area contributed by atoms with Crippen molar-refractivity contribution in [2.24, 2.45) is 4.99 Å². The van der Waals surface area contributed by atoms with E-state index in [-0.39, 0.29) is 24.0 Å². The fourth-order valence-corrected chi connectivity index (χ4v) is 4.33. The summed E-state index contributed by atoms with van der Waals surface area (Å²) >= 11 is 0. The molecule has 1 aromatic rings. The predicted molar refractivity (Wildman–Crippen MR) is 126 cm³/mol. The fraction of sp³-hybridized carbons (Fsp3) is 0.650.